The SMILES string of the molecule is C[C@@H]1CCCC[C@@H]1NC(=O)[C@@H](C)Sc1ncnc2ccccc12. The highest BCUT2D eigenvalue weighted by Crippen LogP contribution is 2.29. The Balaban J connectivity index is 1.68. The average Bonchev–Trinajstić information content (AvgIpc) is 2.57. The van der Waals surface area contributed by atoms with Crippen molar-refractivity contribution in [3.8, 4) is 0 Å². The van der Waals surface area contributed by atoms with Crippen LogP contribution in [-0.4, -0.2) is 27.2 Å². The third-order valence-electron chi connectivity index (χ3n) is 4.60. The molecule has 1 aliphatic carbocycles. The van der Waals surface area contributed by atoms with Gasteiger partial charge in [0.2, 0.25) is 5.91 Å². The number of amides is 1. The van der Waals surface area contributed by atoms with Crippen molar-refractivity contribution in [2.45, 2.75) is 55.8 Å². The van der Waals surface area contributed by atoms with E-state index in [-0.39, 0.29) is 11.2 Å². The number of hydrogen-bond acceptors (Lipinski definition) is 4. The molecule has 1 amide bonds. The third-order valence-corrected chi connectivity index (χ3v) is 5.72. The molecule has 0 bridgehead atoms. The maximum atomic E-state index is 12.5. The minimum absolute atomic E-state index is 0.108. The van der Waals surface area contributed by atoms with Gasteiger partial charge < -0.3 is 5.32 Å². The van der Waals surface area contributed by atoms with E-state index >= 15 is 0 Å². The number of hydrogen-bond donors (Lipinski definition) is 1. The zero-order valence-electron chi connectivity index (χ0n) is 13.7. The summed E-state index contributed by atoms with van der Waals surface area (Å²) in [5, 5.41) is 4.94. The molecule has 3 rings (SSSR count). The highest BCUT2D eigenvalue weighted by molar-refractivity contribution is 8.00. The van der Waals surface area contributed by atoms with E-state index in [1.54, 1.807) is 6.33 Å². The molecule has 0 spiro atoms. The Morgan fingerprint density at radius 1 is 1.26 bits per heavy atom. The molecule has 1 saturated carbocycles. The van der Waals surface area contributed by atoms with Gasteiger partial charge in [-0.05, 0) is 31.7 Å². The molecule has 5 heteroatoms. The number of rotatable bonds is 4. The molecule has 1 aromatic heterocycles. The molecule has 1 aliphatic rings. The first-order valence-corrected chi connectivity index (χ1v) is 9.20. The minimum atomic E-state index is -0.164. The molecule has 122 valence electrons. The Bertz CT molecular complexity index is 686. The van der Waals surface area contributed by atoms with Gasteiger partial charge in [0, 0.05) is 11.4 Å². The molecular formula is C18H23N3OS. The van der Waals surface area contributed by atoms with Crippen LogP contribution in [0.15, 0.2) is 35.6 Å². The van der Waals surface area contributed by atoms with Gasteiger partial charge in [0.25, 0.3) is 0 Å². The number of carbonyl (C=O) groups excluding carboxylic acids is 1. The number of fused-ring (bicyclic) bond motifs is 1. The predicted octanol–water partition coefficient (Wildman–Crippen LogP) is 3.81. The van der Waals surface area contributed by atoms with E-state index in [2.05, 4.69) is 22.2 Å². The van der Waals surface area contributed by atoms with Gasteiger partial charge in [0.1, 0.15) is 11.4 Å². The maximum Gasteiger partial charge on any atom is 0.233 e. The molecule has 23 heavy (non-hydrogen) atoms. The lowest BCUT2D eigenvalue weighted by Gasteiger charge is -2.30. The minimum Gasteiger partial charge on any atom is -0.352 e. The van der Waals surface area contributed by atoms with Crippen molar-refractivity contribution in [2.75, 3.05) is 0 Å². The van der Waals surface area contributed by atoms with Gasteiger partial charge in [-0.1, -0.05) is 49.7 Å². The number of para-hydroxylation sites is 1. The van der Waals surface area contributed by atoms with Crippen LogP contribution < -0.4 is 5.32 Å². The number of nitrogens with zero attached hydrogens (tertiary/aromatic N) is 2. The molecule has 1 N–H and O–H groups in total. The first-order valence-electron chi connectivity index (χ1n) is 8.32. The van der Waals surface area contributed by atoms with Crippen LogP contribution in [0.2, 0.25) is 0 Å². The molecule has 4 nitrogen and oxygen atoms in total. The fourth-order valence-electron chi connectivity index (χ4n) is 3.13. The van der Waals surface area contributed by atoms with E-state index in [0.29, 0.717) is 12.0 Å². The number of benzene rings is 1. The summed E-state index contributed by atoms with van der Waals surface area (Å²) in [6, 6.07) is 8.23. The standard InChI is InChI=1S/C18H23N3OS/c1-12-7-3-5-9-15(12)21-17(22)13(2)23-18-14-8-4-6-10-16(14)19-11-20-18/h4,6,8,10-13,15H,3,5,7,9H2,1-2H3,(H,21,22)/t12-,13-,15+/m1/s1. The van der Waals surface area contributed by atoms with Crippen LogP contribution in [0.3, 0.4) is 0 Å². The van der Waals surface area contributed by atoms with E-state index < -0.39 is 0 Å². The van der Waals surface area contributed by atoms with Crippen molar-refractivity contribution >= 4 is 28.6 Å². The van der Waals surface area contributed by atoms with E-state index in [1.807, 2.05) is 31.2 Å². The summed E-state index contributed by atoms with van der Waals surface area (Å²) < 4.78 is 0. The number of nitrogens with one attached hydrogen (secondary N) is 1. The van der Waals surface area contributed by atoms with Gasteiger partial charge in [-0.2, -0.15) is 0 Å². The number of aromatic nitrogens is 2. The summed E-state index contributed by atoms with van der Waals surface area (Å²) >= 11 is 1.51. The largest absolute Gasteiger partial charge is 0.352 e. The third kappa shape index (κ3) is 3.83. The summed E-state index contributed by atoms with van der Waals surface area (Å²) in [4.78, 5) is 21.2. The van der Waals surface area contributed by atoms with Gasteiger partial charge in [-0.15, -0.1) is 0 Å². The number of carbonyl (C=O) groups is 1. The molecule has 1 fully saturated rings. The van der Waals surface area contributed by atoms with Crippen LogP contribution >= 0.6 is 11.8 Å². The Morgan fingerprint density at radius 2 is 2.04 bits per heavy atom. The maximum absolute atomic E-state index is 12.5. The van der Waals surface area contributed by atoms with E-state index in [9.17, 15) is 4.79 Å². The van der Waals surface area contributed by atoms with Crippen molar-refractivity contribution in [1.29, 1.82) is 0 Å². The second-order valence-corrected chi connectivity index (χ2v) is 7.66. The fourth-order valence-corrected chi connectivity index (χ4v) is 4.04. The van der Waals surface area contributed by atoms with Crippen LogP contribution in [-0.2, 0) is 4.79 Å². The Kier molecular flexibility index (Phi) is 5.16. The topological polar surface area (TPSA) is 54.9 Å². The average molecular weight is 329 g/mol. The lowest BCUT2D eigenvalue weighted by atomic mass is 9.86. The van der Waals surface area contributed by atoms with Crippen molar-refractivity contribution in [2.24, 2.45) is 5.92 Å². The van der Waals surface area contributed by atoms with E-state index in [0.717, 1.165) is 22.3 Å². The van der Waals surface area contributed by atoms with Crippen molar-refractivity contribution in [1.82, 2.24) is 15.3 Å². The molecule has 0 aliphatic heterocycles. The van der Waals surface area contributed by atoms with Crippen LogP contribution in [0.1, 0.15) is 39.5 Å². The van der Waals surface area contributed by atoms with Gasteiger partial charge in [0.15, 0.2) is 0 Å². The first-order chi connectivity index (χ1) is 11.1. The van der Waals surface area contributed by atoms with E-state index in [4.69, 9.17) is 0 Å². The predicted molar refractivity (Wildman–Crippen MR) is 94.4 cm³/mol. The lowest BCUT2D eigenvalue weighted by Crippen LogP contribution is -2.44. The van der Waals surface area contributed by atoms with Crippen LogP contribution in [0, 0.1) is 5.92 Å². The summed E-state index contributed by atoms with van der Waals surface area (Å²) in [6.45, 7) is 4.18. The van der Waals surface area contributed by atoms with Crippen molar-refractivity contribution in [3.63, 3.8) is 0 Å². The van der Waals surface area contributed by atoms with Crippen molar-refractivity contribution in [3.05, 3.63) is 30.6 Å². The highest BCUT2D eigenvalue weighted by Gasteiger charge is 2.25. The molecule has 0 saturated heterocycles. The molecule has 0 unspecified atom stereocenters. The van der Waals surface area contributed by atoms with Gasteiger partial charge in [0.05, 0.1) is 10.8 Å². The Labute approximate surface area is 141 Å². The molecule has 2 aromatic rings. The summed E-state index contributed by atoms with van der Waals surface area (Å²) in [5.74, 6) is 0.682. The molecule has 3 atom stereocenters. The van der Waals surface area contributed by atoms with Crippen LogP contribution in [0.4, 0.5) is 0 Å². The zero-order valence-corrected chi connectivity index (χ0v) is 14.5. The van der Waals surface area contributed by atoms with Gasteiger partial charge >= 0.3 is 0 Å². The summed E-state index contributed by atoms with van der Waals surface area (Å²) in [6.07, 6.45) is 6.38. The summed E-state index contributed by atoms with van der Waals surface area (Å²) in [5.41, 5.74) is 0.915. The second-order valence-electron chi connectivity index (χ2n) is 6.33. The quantitative estimate of drug-likeness (QED) is 0.684. The fraction of sp³-hybridized carbons (Fsp3) is 0.500. The van der Waals surface area contributed by atoms with E-state index in [1.165, 1.54) is 31.0 Å². The lowest BCUT2D eigenvalue weighted by molar-refractivity contribution is -0.121. The zero-order chi connectivity index (χ0) is 16.2. The van der Waals surface area contributed by atoms with Gasteiger partial charge in [-0.25, -0.2) is 9.97 Å². The normalized spacial score (nSPS) is 22.7. The van der Waals surface area contributed by atoms with Crippen LogP contribution in [0.25, 0.3) is 10.9 Å². The van der Waals surface area contributed by atoms with Crippen LogP contribution in [0.5, 0.6) is 0 Å². The molecule has 0 radical (unpaired) electrons. The highest BCUT2D eigenvalue weighted by atomic mass is 32.2. The van der Waals surface area contributed by atoms with Crippen molar-refractivity contribution < 1.29 is 4.79 Å². The summed E-state index contributed by atoms with van der Waals surface area (Å²) in [7, 11) is 0. The molecule has 1 aromatic carbocycles. The molecule has 1 heterocycles. The number of thioether (sulfide) groups is 1. The Hall–Kier alpha value is -1.62. The monoisotopic (exact) mass is 329 g/mol. The first kappa shape index (κ1) is 16.2. The second kappa shape index (κ2) is 7.30. The Morgan fingerprint density at radius 3 is 2.87 bits per heavy atom. The molecular weight excluding hydrogens is 306 g/mol. The smallest absolute Gasteiger partial charge is 0.233 e. The van der Waals surface area contributed by atoms with Gasteiger partial charge in [-0.3, -0.25) is 4.79 Å².